The van der Waals surface area contributed by atoms with Gasteiger partial charge in [-0.15, -0.1) is 0 Å². The van der Waals surface area contributed by atoms with Crippen LogP contribution in [-0.4, -0.2) is 43.0 Å². The third kappa shape index (κ3) is 4.07. The van der Waals surface area contributed by atoms with Crippen molar-refractivity contribution in [2.45, 2.75) is 38.7 Å². The number of nitrogens with one attached hydrogen (secondary N) is 1. The number of rotatable bonds is 6. The summed E-state index contributed by atoms with van der Waals surface area (Å²) < 4.78 is 5.85. The van der Waals surface area contributed by atoms with Crippen molar-refractivity contribution < 1.29 is 14.3 Å². The van der Waals surface area contributed by atoms with E-state index in [0.29, 0.717) is 44.0 Å². The van der Waals surface area contributed by atoms with E-state index in [4.69, 9.17) is 4.74 Å². The average molecular weight is 397 g/mol. The van der Waals surface area contributed by atoms with Gasteiger partial charge in [0.25, 0.3) is 0 Å². The summed E-state index contributed by atoms with van der Waals surface area (Å²) in [5.41, 5.74) is 1.03. The van der Waals surface area contributed by atoms with E-state index >= 15 is 0 Å². The molecular formula is C24H32N2O3. The predicted octanol–water partition coefficient (Wildman–Crippen LogP) is 2.85. The molecule has 1 atom stereocenters. The first-order valence-electron chi connectivity index (χ1n) is 11.4. The lowest BCUT2D eigenvalue weighted by Crippen LogP contribution is -2.54. The van der Waals surface area contributed by atoms with Gasteiger partial charge in [-0.3, -0.25) is 14.5 Å². The molecule has 0 spiro atoms. The van der Waals surface area contributed by atoms with E-state index < -0.39 is 0 Å². The number of esters is 1. The van der Waals surface area contributed by atoms with E-state index in [9.17, 15) is 9.59 Å². The summed E-state index contributed by atoms with van der Waals surface area (Å²) in [5, 5.41) is 2.90. The zero-order valence-electron chi connectivity index (χ0n) is 17.1. The maximum atomic E-state index is 13.3. The van der Waals surface area contributed by atoms with Gasteiger partial charge in [0.15, 0.2) is 0 Å². The Labute approximate surface area is 173 Å². The number of amides is 1. The van der Waals surface area contributed by atoms with Gasteiger partial charge in [0, 0.05) is 19.6 Å². The van der Waals surface area contributed by atoms with Crippen molar-refractivity contribution in [1.29, 1.82) is 0 Å². The van der Waals surface area contributed by atoms with E-state index in [0.717, 1.165) is 23.9 Å². The van der Waals surface area contributed by atoms with Crippen molar-refractivity contribution in [2.24, 2.45) is 35.5 Å². The zero-order valence-corrected chi connectivity index (χ0v) is 17.1. The molecule has 156 valence electrons. The first kappa shape index (κ1) is 19.1. The molecule has 29 heavy (non-hydrogen) atoms. The van der Waals surface area contributed by atoms with Crippen molar-refractivity contribution >= 4 is 11.9 Å². The van der Waals surface area contributed by atoms with Gasteiger partial charge < -0.3 is 10.1 Å². The Morgan fingerprint density at radius 3 is 2.41 bits per heavy atom. The largest absolute Gasteiger partial charge is 0.461 e. The highest BCUT2D eigenvalue weighted by Crippen LogP contribution is 2.58. The third-order valence-corrected chi connectivity index (χ3v) is 7.86. The number of carbonyl (C=O) groups is 2. The van der Waals surface area contributed by atoms with Gasteiger partial charge in [-0.2, -0.15) is 0 Å². The second kappa shape index (κ2) is 8.10. The van der Waals surface area contributed by atoms with Crippen molar-refractivity contribution in [2.75, 3.05) is 26.2 Å². The molecule has 5 fully saturated rings. The van der Waals surface area contributed by atoms with Crippen LogP contribution in [0.15, 0.2) is 30.3 Å². The maximum absolute atomic E-state index is 13.3. The Morgan fingerprint density at radius 2 is 1.76 bits per heavy atom. The van der Waals surface area contributed by atoms with Gasteiger partial charge in [-0.25, -0.2) is 0 Å². The summed E-state index contributed by atoms with van der Waals surface area (Å²) in [4.78, 5) is 27.4. The molecule has 1 N–H and O–H groups in total. The number of piperazine rings is 1. The average Bonchev–Trinajstić information content (AvgIpc) is 2.71. The predicted molar refractivity (Wildman–Crippen MR) is 110 cm³/mol. The number of nitrogens with zero attached hydrogens (tertiary/aromatic N) is 1. The van der Waals surface area contributed by atoms with E-state index in [2.05, 4.69) is 10.2 Å². The highest BCUT2D eigenvalue weighted by atomic mass is 16.5. The van der Waals surface area contributed by atoms with Crippen molar-refractivity contribution in [3.8, 4) is 0 Å². The minimum Gasteiger partial charge on any atom is -0.461 e. The number of hydrogen-bond acceptors (Lipinski definition) is 4. The summed E-state index contributed by atoms with van der Waals surface area (Å²) in [6.07, 6.45) is 6.58. The molecule has 0 radical (unpaired) electrons. The normalized spacial score (nSPS) is 34.6. The zero-order chi connectivity index (χ0) is 19.8. The molecule has 1 unspecified atom stereocenters. The van der Waals surface area contributed by atoms with Crippen LogP contribution in [0.3, 0.4) is 0 Å². The molecule has 1 saturated heterocycles. The fourth-order valence-electron chi connectivity index (χ4n) is 6.94. The Morgan fingerprint density at radius 1 is 1.07 bits per heavy atom. The topological polar surface area (TPSA) is 58.6 Å². The van der Waals surface area contributed by atoms with Gasteiger partial charge in [-0.1, -0.05) is 30.3 Å². The third-order valence-electron chi connectivity index (χ3n) is 7.86. The highest BCUT2D eigenvalue weighted by molar-refractivity contribution is 5.79. The fourth-order valence-corrected chi connectivity index (χ4v) is 6.94. The summed E-state index contributed by atoms with van der Waals surface area (Å²) in [5.74, 6) is 3.43. The number of ether oxygens (including phenoxy) is 1. The van der Waals surface area contributed by atoms with Crippen LogP contribution < -0.4 is 5.32 Å². The monoisotopic (exact) mass is 396 g/mol. The van der Waals surface area contributed by atoms with Crippen LogP contribution in [0.4, 0.5) is 0 Å². The summed E-state index contributed by atoms with van der Waals surface area (Å²) in [6.45, 7) is 2.89. The molecule has 5 heteroatoms. The van der Waals surface area contributed by atoms with Crippen molar-refractivity contribution in [1.82, 2.24) is 10.2 Å². The Bertz CT molecular complexity index is 722. The number of carbonyl (C=O) groups excluding carboxylic acids is 2. The Balaban J connectivity index is 1.32. The molecule has 5 aliphatic rings. The molecule has 1 heterocycles. The molecule has 1 aliphatic heterocycles. The first-order valence-corrected chi connectivity index (χ1v) is 11.4. The van der Waals surface area contributed by atoms with Gasteiger partial charge in [0.1, 0.15) is 6.61 Å². The van der Waals surface area contributed by atoms with Crippen LogP contribution in [0.5, 0.6) is 0 Å². The Kier molecular flexibility index (Phi) is 5.33. The molecule has 4 saturated carbocycles. The molecule has 5 nitrogen and oxygen atoms in total. The summed E-state index contributed by atoms with van der Waals surface area (Å²) >= 11 is 0. The maximum Gasteiger partial charge on any atom is 0.310 e. The van der Waals surface area contributed by atoms with Gasteiger partial charge in [0.05, 0.1) is 12.5 Å². The van der Waals surface area contributed by atoms with Gasteiger partial charge in [-0.05, 0) is 67.3 Å². The second-order valence-electron chi connectivity index (χ2n) is 9.79. The SMILES string of the molecule is O=C1CN(CC(C(=O)OCc2ccccc2)C2C3CC4CC(C3)CC2C4)CCN1. The van der Waals surface area contributed by atoms with Crippen LogP contribution in [0.2, 0.25) is 0 Å². The van der Waals surface area contributed by atoms with Crippen LogP contribution in [0.25, 0.3) is 0 Å². The molecule has 4 bridgehead atoms. The molecule has 1 aromatic rings. The smallest absolute Gasteiger partial charge is 0.310 e. The van der Waals surface area contributed by atoms with Crippen LogP contribution in [0.1, 0.15) is 37.7 Å². The molecule has 1 aromatic carbocycles. The van der Waals surface area contributed by atoms with E-state index in [1.807, 2.05) is 30.3 Å². The number of benzene rings is 1. The van der Waals surface area contributed by atoms with Gasteiger partial charge in [0.2, 0.25) is 5.91 Å². The minimum absolute atomic E-state index is 0.0580. The highest BCUT2D eigenvalue weighted by Gasteiger charge is 2.52. The quantitative estimate of drug-likeness (QED) is 0.752. The molecule has 6 rings (SSSR count). The lowest BCUT2D eigenvalue weighted by Gasteiger charge is -2.56. The van der Waals surface area contributed by atoms with Crippen molar-refractivity contribution in [3.05, 3.63) is 35.9 Å². The molecule has 0 aromatic heterocycles. The van der Waals surface area contributed by atoms with E-state index in [-0.39, 0.29) is 17.8 Å². The van der Waals surface area contributed by atoms with Crippen molar-refractivity contribution in [3.63, 3.8) is 0 Å². The molecular weight excluding hydrogens is 364 g/mol. The first-order chi connectivity index (χ1) is 14.2. The lowest BCUT2D eigenvalue weighted by atomic mass is 9.49. The lowest BCUT2D eigenvalue weighted by molar-refractivity contribution is -0.161. The van der Waals surface area contributed by atoms with E-state index in [1.165, 1.54) is 32.1 Å². The molecule has 4 aliphatic carbocycles. The van der Waals surface area contributed by atoms with Crippen LogP contribution >= 0.6 is 0 Å². The summed E-state index contributed by atoms with van der Waals surface area (Å²) in [7, 11) is 0. The summed E-state index contributed by atoms with van der Waals surface area (Å²) in [6, 6.07) is 9.93. The number of hydrogen-bond donors (Lipinski definition) is 1. The second-order valence-corrected chi connectivity index (χ2v) is 9.79. The molecule has 1 amide bonds. The standard InChI is InChI=1S/C24H32N2O3/c27-22-14-26(7-6-25-22)13-21(24(28)29-15-16-4-2-1-3-5-16)23-19-9-17-8-18(11-19)12-20(23)10-17/h1-5,17-21,23H,6-15H2,(H,25,27). The van der Waals surface area contributed by atoms with Gasteiger partial charge >= 0.3 is 5.97 Å². The van der Waals surface area contributed by atoms with Crippen LogP contribution in [-0.2, 0) is 20.9 Å². The minimum atomic E-state index is -0.111. The van der Waals surface area contributed by atoms with E-state index in [1.54, 1.807) is 0 Å². The fraction of sp³-hybridized carbons (Fsp3) is 0.667. The van der Waals surface area contributed by atoms with Crippen LogP contribution in [0, 0.1) is 35.5 Å². The Hall–Kier alpha value is -1.88.